The lowest BCUT2D eigenvalue weighted by molar-refractivity contribution is 0.251. The lowest BCUT2D eigenvalue weighted by atomic mass is 10.1. The SMILES string of the molecule is Cc1ccc(CN2CCN(c3nc(-c4ccccc4)nc4c3CCC4)CC2)s1. The summed E-state index contributed by atoms with van der Waals surface area (Å²) in [5.74, 6) is 2.07. The number of hydrogen-bond acceptors (Lipinski definition) is 5. The van der Waals surface area contributed by atoms with Crippen LogP contribution < -0.4 is 4.90 Å². The third-order valence-corrected chi connectivity index (χ3v) is 6.78. The van der Waals surface area contributed by atoms with Crippen LogP contribution >= 0.6 is 11.3 Å². The van der Waals surface area contributed by atoms with Gasteiger partial charge in [0.2, 0.25) is 0 Å². The fourth-order valence-electron chi connectivity index (χ4n) is 4.30. The average molecular weight is 391 g/mol. The molecule has 28 heavy (non-hydrogen) atoms. The third kappa shape index (κ3) is 3.56. The zero-order valence-corrected chi connectivity index (χ0v) is 17.2. The van der Waals surface area contributed by atoms with Gasteiger partial charge in [0.25, 0.3) is 0 Å². The van der Waals surface area contributed by atoms with Crippen molar-refractivity contribution in [1.29, 1.82) is 0 Å². The van der Waals surface area contributed by atoms with Gasteiger partial charge in [-0.05, 0) is 38.3 Å². The molecule has 1 fully saturated rings. The normalized spacial score (nSPS) is 17.1. The minimum atomic E-state index is 0.882. The van der Waals surface area contributed by atoms with Gasteiger partial charge in [-0.15, -0.1) is 11.3 Å². The Balaban J connectivity index is 1.36. The van der Waals surface area contributed by atoms with Gasteiger partial charge in [0.05, 0.1) is 0 Å². The molecule has 2 aliphatic rings. The van der Waals surface area contributed by atoms with Gasteiger partial charge in [-0.2, -0.15) is 0 Å². The smallest absolute Gasteiger partial charge is 0.161 e. The van der Waals surface area contributed by atoms with Gasteiger partial charge in [-0.25, -0.2) is 9.97 Å². The van der Waals surface area contributed by atoms with Crippen LogP contribution in [-0.4, -0.2) is 41.0 Å². The summed E-state index contributed by atoms with van der Waals surface area (Å²) in [5.41, 5.74) is 3.77. The first-order valence-electron chi connectivity index (χ1n) is 10.2. The molecule has 1 saturated heterocycles. The van der Waals surface area contributed by atoms with Gasteiger partial charge in [0.15, 0.2) is 5.82 Å². The van der Waals surface area contributed by atoms with Crippen molar-refractivity contribution >= 4 is 17.2 Å². The molecule has 0 amide bonds. The monoisotopic (exact) mass is 390 g/mol. The minimum absolute atomic E-state index is 0.882. The van der Waals surface area contributed by atoms with Crippen LogP contribution in [0.3, 0.4) is 0 Å². The van der Waals surface area contributed by atoms with E-state index < -0.39 is 0 Å². The molecule has 144 valence electrons. The first-order valence-corrected chi connectivity index (χ1v) is 11.1. The summed E-state index contributed by atoms with van der Waals surface area (Å²) in [7, 11) is 0. The third-order valence-electron chi connectivity index (χ3n) is 5.79. The Morgan fingerprint density at radius 3 is 2.50 bits per heavy atom. The maximum absolute atomic E-state index is 5.05. The van der Waals surface area contributed by atoms with Crippen molar-refractivity contribution in [3.63, 3.8) is 0 Å². The van der Waals surface area contributed by atoms with E-state index in [0.29, 0.717) is 0 Å². The molecule has 3 heterocycles. The highest BCUT2D eigenvalue weighted by atomic mass is 32.1. The predicted octanol–water partition coefficient (Wildman–Crippen LogP) is 4.32. The van der Waals surface area contributed by atoms with Crippen molar-refractivity contribution in [1.82, 2.24) is 14.9 Å². The summed E-state index contributed by atoms with van der Waals surface area (Å²) < 4.78 is 0. The molecule has 0 bridgehead atoms. The van der Waals surface area contributed by atoms with Crippen LogP contribution in [0.4, 0.5) is 5.82 Å². The van der Waals surface area contributed by atoms with E-state index >= 15 is 0 Å². The number of hydrogen-bond donors (Lipinski definition) is 0. The standard InChI is InChI=1S/C23H26N4S/c1-17-10-11-19(28-17)16-26-12-14-27(15-13-26)23-20-8-5-9-21(20)24-22(25-23)18-6-3-2-4-7-18/h2-4,6-7,10-11H,5,8-9,12-16H2,1H3. The highest BCUT2D eigenvalue weighted by Gasteiger charge is 2.26. The Morgan fingerprint density at radius 1 is 0.929 bits per heavy atom. The highest BCUT2D eigenvalue weighted by molar-refractivity contribution is 7.11. The second-order valence-corrected chi connectivity index (χ2v) is 9.16. The number of aryl methyl sites for hydroxylation is 2. The molecule has 3 aromatic rings. The van der Waals surface area contributed by atoms with Gasteiger partial charge in [0, 0.05) is 59.3 Å². The van der Waals surface area contributed by atoms with Crippen LogP contribution in [0.15, 0.2) is 42.5 Å². The maximum Gasteiger partial charge on any atom is 0.161 e. The van der Waals surface area contributed by atoms with E-state index in [1.165, 1.54) is 33.3 Å². The molecule has 0 N–H and O–H groups in total. The average Bonchev–Trinajstić information content (AvgIpc) is 3.37. The molecule has 1 aromatic carbocycles. The lowest BCUT2D eigenvalue weighted by Gasteiger charge is -2.36. The molecule has 4 nitrogen and oxygen atoms in total. The predicted molar refractivity (Wildman–Crippen MR) is 116 cm³/mol. The first kappa shape index (κ1) is 17.8. The molecule has 0 saturated carbocycles. The molecule has 0 radical (unpaired) electrons. The van der Waals surface area contributed by atoms with E-state index in [0.717, 1.165) is 57.0 Å². The van der Waals surface area contributed by atoms with Crippen molar-refractivity contribution in [3.05, 3.63) is 63.5 Å². The molecule has 0 spiro atoms. The van der Waals surface area contributed by atoms with E-state index in [4.69, 9.17) is 9.97 Å². The fourth-order valence-corrected chi connectivity index (χ4v) is 5.23. The highest BCUT2D eigenvalue weighted by Crippen LogP contribution is 2.32. The minimum Gasteiger partial charge on any atom is -0.354 e. The summed E-state index contributed by atoms with van der Waals surface area (Å²) >= 11 is 1.92. The Hall–Kier alpha value is -2.24. The molecule has 0 unspecified atom stereocenters. The topological polar surface area (TPSA) is 32.3 Å². The van der Waals surface area contributed by atoms with E-state index in [1.807, 2.05) is 17.4 Å². The van der Waals surface area contributed by atoms with Crippen LogP contribution in [0, 0.1) is 6.92 Å². The Labute approximate surface area is 170 Å². The Morgan fingerprint density at radius 2 is 1.75 bits per heavy atom. The number of thiophene rings is 1. The van der Waals surface area contributed by atoms with Crippen LogP contribution in [0.2, 0.25) is 0 Å². The van der Waals surface area contributed by atoms with Crippen LogP contribution in [0.5, 0.6) is 0 Å². The first-order chi connectivity index (χ1) is 13.8. The summed E-state index contributed by atoms with van der Waals surface area (Å²) in [6.45, 7) is 7.53. The maximum atomic E-state index is 5.05. The largest absolute Gasteiger partial charge is 0.354 e. The van der Waals surface area contributed by atoms with Crippen molar-refractivity contribution in [3.8, 4) is 11.4 Å². The van der Waals surface area contributed by atoms with Gasteiger partial charge >= 0.3 is 0 Å². The molecule has 1 aliphatic heterocycles. The van der Waals surface area contributed by atoms with Crippen LogP contribution in [-0.2, 0) is 19.4 Å². The second kappa shape index (κ2) is 7.64. The zero-order chi connectivity index (χ0) is 18.9. The Bertz CT molecular complexity index is 958. The van der Waals surface area contributed by atoms with Crippen molar-refractivity contribution in [2.24, 2.45) is 0 Å². The van der Waals surface area contributed by atoms with Gasteiger partial charge < -0.3 is 4.90 Å². The quantitative estimate of drug-likeness (QED) is 0.664. The summed E-state index contributed by atoms with van der Waals surface area (Å²) in [4.78, 5) is 17.9. The molecule has 5 rings (SSSR count). The molecular weight excluding hydrogens is 364 g/mol. The summed E-state index contributed by atoms with van der Waals surface area (Å²) in [5, 5.41) is 0. The number of fused-ring (bicyclic) bond motifs is 1. The van der Waals surface area contributed by atoms with E-state index in [-0.39, 0.29) is 0 Å². The summed E-state index contributed by atoms with van der Waals surface area (Å²) in [6, 6.07) is 14.9. The van der Waals surface area contributed by atoms with Gasteiger partial charge in [0.1, 0.15) is 5.82 Å². The van der Waals surface area contributed by atoms with Crippen LogP contribution in [0.25, 0.3) is 11.4 Å². The zero-order valence-electron chi connectivity index (χ0n) is 16.4. The number of nitrogens with zero attached hydrogens (tertiary/aromatic N) is 4. The van der Waals surface area contributed by atoms with E-state index in [2.05, 4.69) is 53.1 Å². The van der Waals surface area contributed by atoms with E-state index in [1.54, 1.807) is 0 Å². The van der Waals surface area contributed by atoms with Crippen molar-refractivity contribution in [2.75, 3.05) is 31.1 Å². The van der Waals surface area contributed by atoms with Crippen molar-refractivity contribution < 1.29 is 0 Å². The number of rotatable bonds is 4. The molecule has 0 atom stereocenters. The molecule has 1 aliphatic carbocycles. The van der Waals surface area contributed by atoms with E-state index in [9.17, 15) is 0 Å². The lowest BCUT2D eigenvalue weighted by Crippen LogP contribution is -2.46. The number of piperazine rings is 1. The number of benzene rings is 1. The van der Waals surface area contributed by atoms with Gasteiger partial charge in [-0.3, -0.25) is 4.90 Å². The molecular formula is C23H26N4S. The fraction of sp³-hybridized carbons (Fsp3) is 0.391. The van der Waals surface area contributed by atoms with Crippen molar-refractivity contribution in [2.45, 2.75) is 32.7 Å². The summed E-state index contributed by atoms with van der Waals surface area (Å²) in [6.07, 6.45) is 3.41. The van der Waals surface area contributed by atoms with Crippen LogP contribution in [0.1, 0.15) is 27.4 Å². The number of anilines is 1. The molecule has 5 heteroatoms. The van der Waals surface area contributed by atoms with Gasteiger partial charge in [-0.1, -0.05) is 30.3 Å². The Kier molecular flexibility index (Phi) is 4.87. The second-order valence-electron chi connectivity index (χ2n) is 7.79. The number of aromatic nitrogens is 2. The molecule has 2 aromatic heterocycles.